The topological polar surface area (TPSA) is 122 Å². The van der Waals surface area contributed by atoms with Crippen molar-refractivity contribution in [3.05, 3.63) is 41.6 Å². The highest BCUT2D eigenvalue weighted by Gasteiger charge is 2.39. The van der Waals surface area contributed by atoms with Gasteiger partial charge in [0, 0.05) is 29.7 Å². The van der Waals surface area contributed by atoms with Crippen molar-refractivity contribution in [1.29, 1.82) is 5.26 Å². The summed E-state index contributed by atoms with van der Waals surface area (Å²) in [7, 11) is 0. The quantitative estimate of drug-likeness (QED) is 0.645. The van der Waals surface area contributed by atoms with E-state index in [0.29, 0.717) is 30.0 Å². The molecule has 11 heteroatoms. The molecular weight excluding hydrogens is 427 g/mol. The summed E-state index contributed by atoms with van der Waals surface area (Å²) < 4.78 is 31.7. The minimum atomic E-state index is -5.08. The fraction of sp³-hybridized carbons (Fsp3) is 0.429. The second-order valence-corrected chi connectivity index (χ2v) is 8.71. The maximum Gasteiger partial charge on any atom is 0.490 e. The molecule has 2 aromatic rings. The third-order valence-electron chi connectivity index (χ3n) is 4.50. The minimum absolute atomic E-state index is 0.0463. The fourth-order valence-corrected chi connectivity index (χ4v) is 3.61. The van der Waals surface area contributed by atoms with Crippen LogP contribution in [0.2, 0.25) is 0 Å². The third-order valence-corrected chi connectivity index (χ3v) is 4.50. The van der Waals surface area contributed by atoms with Crippen molar-refractivity contribution in [2.75, 3.05) is 13.1 Å². The number of amides is 1. The van der Waals surface area contributed by atoms with Gasteiger partial charge in [-0.15, -0.1) is 0 Å². The van der Waals surface area contributed by atoms with Gasteiger partial charge in [-0.05, 0) is 45.9 Å². The first-order valence-electron chi connectivity index (χ1n) is 9.58. The van der Waals surface area contributed by atoms with Gasteiger partial charge >= 0.3 is 12.1 Å². The number of nitriles is 1. The second-order valence-electron chi connectivity index (χ2n) is 8.71. The number of aromatic nitrogens is 2. The maximum atomic E-state index is 12.9. The molecule has 0 aliphatic carbocycles. The van der Waals surface area contributed by atoms with E-state index in [4.69, 9.17) is 15.2 Å². The van der Waals surface area contributed by atoms with E-state index in [1.165, 1.54) is 0 Å². The van der Waals surface area contributed by atoms with Gasteiger partial charge in [0.1, 0.15) is 5.69 Å². The molecule has 3 rings (SSSR count). The molecule has 0 radical (unpaired) electrons. The van der Waals surface area contributed by atoms with E-state index in [-0.39, 0.29) is 17.0 Å². The lowest BCUT2D eigenvalue weighted by molar-refractivity contribution is -0.192. The van der Waals surface area contributed by atoms with Gasteiger partial charge in [0.05, 0.1) is 17.3 Å². The number of piperazine rings is 1. The number of aliphatic carboxylic acids is 1. The Hall–Kier alpha value is -3.39. The highest BCUT2D eigenvalue weighted by Crippen LogP contribution is 2.24. The van der Waals surface area contributed by atoms with Gasteiger partial charge in [0.25, 0.3) is 5.91 Å². The van der Waals surface area contributed by atoms with Crippen molar-refractivity contribution in [3.63, 3.8) is 0 Å². The number of alkyl halides is 3. The number of carbonyl (C=O) groups excluding carboxylic acids is 1. The Morgan fingerprint density at radius 2 is 1.62 bits per heavy atom. The first-order chi connectivity index (χ1) is 14.6. The van der Waals surface area contributed by atoms with E-state index in [2.05, 4.69) is 49.3 Å². The van der Waals surface area contributed by atoms with Crippen molar-refractivity contribution in [3.8, 4) is 17.3 Å². The summed E-state index contributed by atoms with van der Waals surface area (Å²) in [5.74, 6) is -2.80. The van der Waals surface area contributed by atoms with Crippen LogP contribution in [0, 0.1) is 11.3 Å². The van der Waals surface area contributed by atoms with Crippen LogP contribution in [0.15, 0.2) is 30.3 Å². The number of hydrogen-bond acceptors (Lipinski definition) is 5. The number of nitrogens with one attached hydrogen (secondary N) is 2. The van der Waals surface area contributed by atoms with Crippen LogP contribution < -0.4 is 5.32 Å². The van der Waals surface area contributed by atoms with Crippen LogP contribution >= 0.6 is 0 Å². The Bertz CT molecular complexity index is 1000. The molecule has 0 bridgehead atoms. The molecule has 172 valence electrons. The molecule has 0 unspecified atom stereocenters. The van der Waals surface area contributed by atoms with Gasteiger partial charge in [0.15, 0.2) is 0 Å². The second kappa shape index (κ2) is 9.00. The molecule has 3 N–H and O–H groups in total. The van der Waals surface area contributed by atoms with Crippen molar-refractivity contribution in [2.24, 2.45) is 0 Å². The van der Waals surface area contributed by atoms with E-state index in [0.717, 1.165) is 5.56 Å². The minimum Gasteiger partial charge on any atom is -0.475 e. The third kappa shape index (κ3) is 6.55. The van der Waals surface area contributed by atoms with Gasteiger partial charge in [-0.3, -0.25) is 9.89 Å². The average Bonchev–Trinajstić information content (AvgIpc) is 3.15. The standard InChI is InChI=1S/C19H23N5O.C2HF3O2/c1-18(2)11-24(12-19(3,4)23-18)17(25)16-9-15(21-22-16)14-7-5-13(10-20)6-8-14;3-2(4,5)1(6)7/h5-9,23H,11-12H2,1-4H3,(H,21,22);(H,6,7). The molecule has 1 amide bonds. The molecule has 1 saturated heterocycles. The molecule has 1 fully saturated rings. The van der Waals surface area contributed by atoms with Gasteiger partial charge in [-0.2, -0.15) is 23.5 Å². The molecule has 32 heavy (non-hydrogen) atoms. The maximum absolute atomic E-state index is 12.9. The van der Waals surface area contributed by atoms with E-state index < -0.39 is 12.1 Å². The van der Waals surface area contributed by atoms with Crippen LogP contribution in [0.1, 0.15) is 43.7 Å². The Labute approximate surface area is 183 Å². The van der Waals surface area contributed by atoms with E-state index >= 15 is 0 Å². The van der Waals surface area contributed by atoms with Crippen molar-refractivity contribution in [2.45, 2.75) is 44.9 Å². The number of carboxylic acid groups (broad SMARTS) is 1. The number of carbonyl (C=O) groups is 2. The van der Waals surface area contributed by atoms with Crippen LogP contribution in [0.3, 0.4) is 0 Å². The summed E-state index contributed by atoms with van der Waals surface area (Å²) in [6.45, 7) is 9.68. The summed E-state index contributed by atoms with van der Waals surface area (Å²) in [6.07, 6.45) is -5.08. The Balaban J connectivity index is 0.000000451. The zero-order valence-electron chi connectivity index (χ0n) is 18.0. The lowest BCUT2D eigenvalue weighted by atomic mass is 9.91. The first-order valence-corrected chi connectivity index (χ1v) is 9.58. The van der Waals surface area contributed by atoms with Gasteiger partial charge in [-0.1, -0.05) is 12.1 Å². The summed E-state index contributed by atoms with van der Waals surface area (Å²) >= 11 is 0. The number of H-pyrrole nitrogens is 1. The highest BCUT2D eigenvalue weighted by atomic mass is 19.4. The number of benzene rings is 1. The lowest BCUT2D eigenvalue weighted by Gasteiger charge is -2.48. The number of rotatable bonds is 2. The Morgan fingerprint density at radius 3 is 2.06 bits per heavy atom. The van der Waals surface area contributed by atoms with Crippen LogP contribution in [-0.4, -0.2) is 62.4 Å². The lowest BCUT2D eigenvalue weighted by Crippen LogP contribution is -2.67. The molecule has 0 atom stereocenters. The largest absolute Gasteiger partial charge is 0.490 e. The number of nitrogens with zero attached hydrogens (tertiary/aromatic N) is 3. The smallest absolute Gasteiger partial charge is 0.475 e. The molecule has 1 aromatic heterocycles. The zero-order chi connectivity index (χ0) is 24.3. The normalized spacial score (nSPS) is 17.0. The fourth-order valence-electron chi connectivity index (χ4n) is 3.61. The van der Waals surface area contributed by atoms with Crippen molar-refractivity contribution >= 4 is 11.9 Å². The van der Waals surface area contributed by atoms with Crippen LogP contribution in [-0.2, 0) is 4.79 Å². The number of halogens is 3. The molecule has 0 saturated carbocycles. The summed E-state index contributed by atoms with van der Waals surface area (Å²) in [4.78, 5) is 23.7. The van der Waals surface area contributed by atoms with E-state index in [1.54, 1.807) is 18.2 Å². The van der Waals surface area contributed by atoms with Gasteiger partial charge in [-0.25, -0.2) is 4.79 Å². The first kappa shape index (κ1) is 24.9. The Morgan fingerprint density at radius 1 is 1.12 bits per heavy atom. The van der Waals surface area contributed by atoms with Gasteiger partial charge < -0.3 is 15.3 Å². The molecule has 0 spiro atoms. The predicted molar refractivity (Wildman–Crippen MR) is 110 cm³/mol. The van der Waals surface area contributed by atoms with Crippen LogP contribution in [0.25, 0.3) is 11.3 Å². The number of carboxylic acids is 1. The molecule has 1 aliphatic rings. The zero-order valence-corrected chi connectivity index (χ0v) is 18.0. The SMILES string of the molecule is CC1(C)CN(C(=O)c2cc(-c3ccc(C#N)cc3)n[nH]2)CC(C)(C)N1.O=C(O)C(F)(F)F. The average molecular weight is 451 g/mol. The van der Waals surface area contributed by atoms with Gasteiger partial charge in [0.2, 0.25) is 0 Å². The van der Waals surface area contributed by atoms with Crippen molar-refractivity contribution < 1.29 is 27.9 Å². The number of hydrogen-bond donors (Lipinski definition) is 3. The summed E-state index contributed by atoms with van der Waals surface area (Å²) in [6, 6.07) is 11.0. The molecule has 1 aromatic carbocycles. The van der Waals surface area contributed by atoms with E-state index in [9.17, 15) is 18.0 Å². The van der Waals surface area contributed by atoms with Crippen molar-refractivity contribution in [1.82, 2.24) is 20.4 Å². The van der Waals surface area contributed by atoms with Crippen LogP contribution in [0.5, 0.6) is 0 Å². The number of aromatic amines is 1. The highest BCUT2D eigenvalue weighted by molar-refractivity contribution is 5.93. The molecule has 2 heterocycles. The molecular formula is C21H24F3N5O3. The summed E-state index contributed by atoms with van der Waals surface area (Å²) in [5, 5.41) is 26.7. The monoisotopic (exact) mass is 451 g/mol. The van der Waals surface area contributed by atoms with E-state index in [1.807, 2.05) is 17.0 Å². The summed E-state index contributed by atoms with van der Waals surface area (Å²) in [5.41, 5.74) is 2.35. The van der Waals surface area contributed by atoms with Crippen LogP contribution in [0.4, 0.5) is 13.2 Å². The molecule has 1 aliphatic heterocycles. The predicted octanol–water partition coefficient (Wildman–Crippen LogP) is 3.18. The molecule has 8 nitrogen and oxygen atoms in total. The Kier molecular flexibility index (Phi) is 7.00.